The average molecular weight is 363 g/mol. The molecular weight excluding hydrogens is 349 g/mol. The first-order valence-corrected chi connectivity index (χ1v) is 6.40. The summed E-state index contributed by atoms with van der Waals surface area (Å²) in [4.78, 5) is 24.4. The van der Waals surface area contributed by atoms with E-state index in [-0.39, 0.29) is 0 Å². The standard InChI is InChI=1S/C12H14INO4/c1-4-17-11(15)8-6-5-7-9(10(8)13)18-12(16)14(2)3/h5-7H,4H2,1-3H3. The first-order valence-electron chi connectivity index (χ1n) is 5.32. The fourth-order valence-electron chi connectivity index (χ4n) is 1.14. The molecule has 1 amide bonds. The van der Waals surface area contributed by atoms with Gasteiger partial charge in [0.2, 0.25) is 0 Å². The molecule has 5 nitrogen and oxygen atoms in total. The molecule has 18 heavy (non-hydrogen) atoms. The zero-order chi connectivity index (χ0) is 13.7. The monoisotopic (exact) mass is 363 g/mol. The van der Waals surface area contributed by atoms with Gasteiger partial charge in [-0.3, -0.25) is 0 Å². The molecule has 0 unspecified atom stereocenters. The highest BCUT2D eigenvalue weighted by molar-refractivity contribution is 14.1. The van der Waals surface area contributed by atoms with Crippen molar-refractivity contribution in [3.05, 3.63) is 27.3 Å². The van der Waals surface area contributed by atoms with E-state index in [2.05, 4.69) is 0 Å². The largest absolute Gasteiger partial charge is 0.462 e. The number of hydrogen-bond donors (Lipinski definition) is 0. The molecule has 0 heterocycles. The Hall–Kier alpha value is -1.31. The second-order valence-corrected chi connectivity index (χ2v) is 4.68. The average Bonchev–Trinajstić information content (AvgIpc) is 2.31. The Balaban J connectivity index is 2.98. The number of ether oxygens (including phenoxy) is 2. The maximum atomic E-state index is 11.7. The molecule has 0 saturated heterocycles. The molecule has 0 saturated carbocycles. The van der Waals surface area contributed by atoms with E-state index in [1.165, 1.54) is 4.90 Å². The SMILES string of the molecule is CCOC(=O)c1cccc(OC(=O)N(C)C)c1I. The van der Waals surface area contributed by atoms with Crippen LogP contribution >= 0.6 is 22.6 Å². The molecule has 6 heteroatoms. The third-order valence-corrected chi connectivity index (χ3v) is 3.13. The number of rotatable bonds is 3. The lowest BCUT2D eigenvalue weighted by atomic mass is 10.2. The number of carbonyl (C=O) groups excluding carboxylic acids is 2. The van der Waals surface area contributed by atoms with Gasteiger partial charge in [-0.2, -0.15) is 0 Å². The number of amides is 1. The van der Waals surface area contributed by atoms with Crippen LogP contribution in [0.25, 0.3) is 0 Å². The predicted octanol–water partition coefficient (Wildman–Crippen LogP) is 2.53. The number of halogens is 1. The van der Waals surface area contributed by atoms with E-state index in [1.807, 2.05) is 22.6 Å². The van der Waals surface area contributed by atoms with Crippen LogP contribution in [0, 0.1) is 3.57 Å². The van der Waals surface area contributed by atoms with Gasteiger partial charge in [-0.15, -0.1) is 0 Å². The molecule has 0 aliphatic heterocycles. The first kappa shape index (κ1) is 14.7. The molecule has 1 aromatic rings. The van der Waals surface area contributed by atoms with Crippen LogP contribution in [-0.4, -0.2) is 37.7 Å². The van der Waals surface area contributed by atoms with E-state index in [4.69, 9.17) is 9.47 Å². The molecule has 1 rings (SSSR count). The van der Waals surface area contributed by atoms with Gasteiger partial charge in [0, 0.05) is 14.1 Å². The third kappa shape index (κ3) is 3.59. The van der Waals surface area contributed by atoms with Crippen LogP contribution in [0.2, 0.25) is 0 Å². The Bertz CT molecular complexity index is 459. The lowest BCUT2D eigenvalue weighted by Gasteiger charge is -2.13. The van der Waals surface area contributed by atoms with E-state index in [0.29, 0.717) is 21.5 Å². The van der Waals surface area contributed by atoms with Crippen molar-refractivity contribution in [3.63, 3.8) is 0 Å². The van der Waals surface area contributed by atoms with E-state index >= 15 is 0 Å². The fourth-order valence-corrected chi connectivity index (χ4v) is 1.83. The summed E-state index contributed by atoms with van der Waals surface area (Å²) in [5.41, 5.74) is 0.390. The van der Waals surface area contributed by atoms with Crippen LogP contribution in [0.4, 0.5) is 4.79 Å². The summed E-state index contributed by atoms with van der Waals surface area (Å²) in [6.07, 6.45) is -0.492. The van der Waals surface area contributed by atoms with Gasteiger partial charge in [-0.1, -0.05) is 6.07 Å². The summed E-state index contributed by atoms with van der Waals surface area (Å²) in [5.74, 6) is -0.0792. The van der Waals surface area contributed by atoms with E-state index in [1.54, 1.807) is 39.2 Å². The molecule has 1 aromatic carbocycles. The first-order chi connectivity index (χ1) is 8.47. The summed E-state index contributed by atoms with van der Waals surface area (Å²) in [7, 11) is 3.18. The number of carbonyl (C=O) groups is 2. The Morgan fingerprint density at radius 3 is 2.56 bits per heavy atom. The van der Waals surface area contributed by atoms with Crippen molar-refractivity contribution >= 4 is 34.7 Å². The third-order valence-electron chi connectivity index (χ3n) is 2.02. The zero-order valence-corrected chi connectivity index (χ0v) is 12.6. The minimum atomic E-state index is -0.492. The molecule has 0 aliphatic carbocycles. The fraction of sp³-hybridized carbons (Fsp3) is 0.333. The van der Waals surface area contributed by atoms with Crippen molar-refractivity contribution in [3.8, 4) is 5.75 Å². The normalized spacial score (nSPS) is 9.78. The highest BCUT2D eigenvalue weighted by atomic mass is 127. The van der Waals surface area contributed by atoms with Crippen LogP contribution in [-0.2, 0) is 4.74 Å². The summed E-state index contributed by atoms with van der Waals surface area (Å²) in [6.45, 7) is 2.04. The summed E-state index contributed by atoms with van der Waals surface area (Å²) >= 11 is 1.96. The van der Waals surface area contributed by atoms with Crippen molar-refractivity contribution in [1.29, 1.82) is 0 Å². The summed E-state index contributed by atoms with van der Waals surface area (Å²) in [6, 6.07) is 4.91. The maximum absolute atomic E-state index is 11.7. The molecule has 0 aliphatic rings. The summed E-state index contributed by atoms with van der Waals surface area (Å²) in [5, 5.41) is 0. The Kier molecular flexibility index (Phi) is 5.39. The van der Waals surface area contributed by atoms with Crippen molar-refractivity contribution in [2.45, 2.75) is 6.92 Å². The molecule has 0 bridgehead atoms. The maximum Gasteiger partial charge on any atom is 0.414 e. The van der Waals surface area contributed by atoms with Crippen LogP contribution < -0.4 is 4.74 Å². The van der Waals surface area contributed by atoms with Crippen LogP contribution in [0.1, 0.15) is 17.3 Å². The van der Waals surface area contributed by atoms with Crippen molar-refractivity contribution in [2.75, 3.05) is 20.7 Å². The lowest BCUT2D eigenvalue weighted by molar-refractivity contribution is 0.0524. The zero-order valence-electron chi connectivity index (χ0n) is 10.4. The topological polar surface area (TPSA) is 55.8 Å². The van der Waals surface area contributed by atoms with Gasteiger partial charge in [-0.05, 0) is 41.6 Å². The Labute approximate surface area is 119 Å². The number of hydrogen-bond acceptors (Lipinski definition) is 4. The molecule has 0 spiro atoms. The number of esters is 1. The van der Waals surface area contributed by atoms with Crippen molar-refractivity contribution in [2.24, 2.45) is 0 Å². The van der Waals surface area contributed by atoms with Crippen LogP contribution in [0.5, 0.6) is 5.75 Å². The Morgan fingerprint density at radius 2 is 2.00 bits per heavy atom. The van der Waals surface area contributed by atoms with Gasteiger partial charge >= 0.3 is 12.1 Å². The minimum absolute atomic E-state index is 0.302. The smallest absolute Gasteiger partial charge is 0.414 e. The molecule has 0 atom stereocenters. The highest BCUT2D eigenvalue weighted by Gasteiger charge is 2.17. The van der Waals surface area contributed by atoms with E-state index < -0.39 is 12.1 Å². The second kappa shape index (κ2) is 6.58. The van der Waals surface area contributed by atoms with Gasteiger partial charge in [-0.25, -0.2) is 9.59 Å². The van der Waals surface area contributed by atoms with Gasteiger partial charge in [0.25, 0.3) is 0 Å². The van der Waals surface area contributed by atoms with E-state index in [0.717, 1.165) is 0 Å². The van der Waals surface area contributed by atoms with Crippen LogP contribution in [0.3, 0.4) is 0 Å². The molecule has 0 aromatic heterocycles. The molecular formula is C12H14INO4. The lowest BCUT2D eigenvalue weighted by Crippen LogP contribution is -2.25. The van der Waals surface area contributed by atoms with Crippen molar-refractivity contribution < 1.29 is 19.1 Å². The van der Waals surface area contributed by atoms with Gasteiger partial charge in [0.1, 0.15) is 5.75 Å². The number of benzene rings is 1. The van der Waals surface area contributed by atoms with Gasteiger partial charge < -0.3 is 14.4 Å². The second-order valence-electron chi connectivity index (χ2n) is 3.60. The molecule has 0 radical (unpaired) electrons. The predicted molar refractivity (Wildman–Crippen MR) is 74.8 cm³/mol. The molecule has 0 N–H and O–H groups in total. The van der Waals surface area contributed by atoms with Crippen LogP contribution in [0.15, 0.2) is 18.2 Å². The minimum Gasteiger partial charge on any atom is -0.462 e. The quantitative estimate of drug-likeness (QED) is 0.612. The Morgan fingerprint density at radius 1 is 1.33 bits per heavy atom. The summed E-state index contributed by atoms with van der Waals surface area (Å²) < 4.78 is 10.6. The van der Waals surface area contributed by atoms with Gasteiger partial charge in [0.05, 0.1) is 15.7 Å². The van der Waals surface area contributed by atoms with Gasteiger partial charge in [0.15, 0.2) is 0 Å². The highest BCUT2D eigenvalue weighted by Crippen LogP contribution is 2.25. The van der Waals surface area contributed by atoms with E-state index in [9.17, 15) is 9.59 Å². The molecule has 98 valence electrons. The van der Waals surface area contributed by atoms with Crippen molar-refractivity contribution in [1.82, 2.24) is 4.90 Å². The number of nitrogens with zero attached hydrogens (tertiary/aromatic N) is 1. The molecule has 0 fully saturated rings.